The summed E-state index contributed by atoms with van der Waals surface area (Å²) < 4.78 is 15.1. The first-order valence-corrected chi connectivity index (χ1v) is 7.21. The highest BCUT2D eigenvalue weighted by Crippen LogP contribution is 2.12. The molecule has 0 amide bonds. The van der Waals surface area contributed by atoms with Gasteiger partial charge in [-0.3, -0.25) is 0 Å². The van der Waals surface area contributed by atoms with Gasteiger partial charge in [0.2, 0.25) is 0 Å². The number of hydrogen-bond acceptors (Lipinski definition) is 5. The van der Waals surface area contributed by atoms with Crippen LogP contribution in [-0.4, -0.2) is 62.1 Å². The molecule has 2 atom stereocenters. The molecule has 0 aliphatic carbocycles. The minimum Gasteiger partial charge on any atom is -0.394 e. The Morgan fingerprint density at radius 1 is 1.00 bits per heavy atom. The van der Waals surface area contributed by atoms with E-state index in [2.05, 4.69) is 38.1 Å². The summed E-state index contributed by atoms with van der Waals surface area (Å²) in [4.78, 5) is 0. The van der Waals surface area contributed by atoms with E-state index < -0.39 is 0 Å². The molecule has 2 fully saturated rings. The van der Waals surface area contributed by atoms with Crippen LogP contribution in [0.1, 0.15) is 11.1 Å². The first-order chi connectivity index (χ1) is 10.2. The fourth-order valence-electron chi connectivity index (χ4n) is 1.47. The van der Waals surface area contributed by atoms with E-state index >= 15 is 0 Å². The van der Waals surface area contributed by atoms with Gasteiger partial charge in [0.05, 0.1) is 39.6 Å². The van der Waals surface area contributed by atoms with Gasteiger partial charge in [0.15, 0.2) is 0 Å². The Kier molecular flexibility index (Phi) is 9.21. The van der Waals surface area contributed by atoms with Crippen LogP contribution in [0.2, 0.25) is 0 Å². The molecule has 2 aliphatic rings. The molecule has 3 rings (SSSR count). The summed E-state index contributed by atoms with van der Waals surface area (Å²) in [5, 5.41) is 15.2. The smallest absolute Gasteiger partial charge is 0.104 e. The van der Waals surface area contributed by atoms with Crippen LogP contribution in [0.5, 0.6) is 0 Å². The molecule has 2 unspecified atom stereocenters. The van der Waals surface area contributed by atoms with Gasteiger partial charge < -0.3 is 24.4 Å². The van der Waals surface area contributed by atoms with Crippen molar-refractivity contribution in [3.05, 3.63) is 35.4 Å². The van der Waals surface area contributed by atoms with Crippen molar-refractivity contribution in [1.82, 2.24) is 0 Å². The first kappa shape index (κ1) is 18.1. The van der Waals surface area contributed by atoms with E-state index in [-0.39, 0.29) is 13.2 Å². The van der Waals surface area contributed by atoms with Crippen LogP contribution in [-0.2, 0) is 14.2 Å². The normalized spacial score (nSPS) is 21.5. The van der Waals surface area contributed by atoms with E-state index in [1.54, 1.807) is 0 Å². The van der Waals surface area contributed by atoms with Crippen LogP contribution in [0, 0.1) is 13.8 Å². The van der Waals surface area contributed by atoms with Gasteiger partial charge in [0.25, 0.3) is 0 Å². The van der Waals surface area contributed by atoms with Crippen LogP contribution in [0.3, 0.4) is 0 Å². The van der Waals surface area contributed by atoms with Gasteiger partial charge in [-0.05, 0) is 13.8 Å². The second-order valence-electron chi connectivity index (χ2n) is 5.05. The zero-order valence-corrected chi connectivity index (χ0v) is 12.8. The van der Waals surface area contributed by atoms with Gasteiger partial charge in [-0.2, -0.15) is 0 Å². The quantitative estimate of drug-likeness (QED) is 0.796. The van der Waals surface area contributed by atoms with Crippen LogP contribution in [0.4, 0.5) is 0 Å². The number of hydrogen-bond donors (Lipinski definition) is 2. The molecule has 0 bridgehead atoms. The summed E-state index contributed by atoms with van der Waals surface area (Å²) in [5.41, 5.74) is 2.68. The Labute approximate surface area is 126 Å². The highest BCUT2D eigenvalue weighted by molar-refractivity contribution is 5.20. The molecule has 1 aromatic rings. The molecule has 0 saturated carbocycles. The van der Waals surface area contributed by atoms with Gasteiger partial charge in [0.1, 0.15) is 12.2 Å². The summed E-state index contributed by atoms with van der Waals surface area (Å²) in [6.45, 7) is 7.22. The van der Waals surface area contributed by atoms with E-state index in [9.17, 15) is 0 Å². The maximum absolute atomic E-state index is 7.62. The average molecular weight is 298 g/mol. The number of aryl methyl sites for hydroxylation is 2. The van der Waals surface area contributed by atoms with Gasteiger partial charge >= 0.3 is 0 Å². The molecule has 0 spiro atoms. The maximum Gasteiger partial charge on any atom is 0.104 e. The van der Waals surface area contributed by atoms with Crippen LogP contribution >= 0.6 is 0 Å². The van der Waals surface area contributed by atoms with E-state index in [4.69, 9.17) is 24.4 Å². The van der Waals surface area contributed by atoms with Crippen molar-refractivity contribution >= 4 is 0 Å². The molecule has 5 heteroatoms. The number of aliphatic hydroxyl groups excluding tert-OH is 2. The summed E-state index contributed by atoms with van der Waals surface area (Å²) in [6, 6.07) is 8.45. The second kappa shape index (κ2) is 10.7. The van der Waals surface area contributed by atoms with Crippen molar-refractivity contribution in [3.8, 4) is 0 Å². The number of rotatable bonds is 5. The number of epoxide rings is 2. The zero-order valence-electron chi connectivity index (χ0n) is 12.8. The number of ether oxygens (including phenoxy) is 3. The summed E-state index contributed by atoms with van der Waals surface area (Å²) in [7, 11) is 0. The lowest BCUT2D eigenvalue weighted by molar-refractivity contribution is 0.102. The third kappa shape index (κ3) is 11.4. The topological polar surface area (TPSA) is 74.8 Å². The lowest BCUT2D eigenvalue weighted by atomic mass is 10.2. The largest absolute Gasteiger partial charge is 0.394 e. The molecule has 5 nitrogen and oxygen atoms in total. The van der Waals surface area contributed by atoms with Crippen LogP contribution in [0.25, 0.3) is 0 Å². The fourth-order valence-corrected chi connectivity index (χ4v) is 1.47. The monoisotopic (exact) mass is 298 g/mol. The van der Waals surface area contributed by atoms with E-state index in [1.165, 1.54) is 11.1 Å². The van der Waals surface area contributed by atoms with E-state index in [1.807, 2.05) is 0 Å². The molecule has 2 saturated heterocycles. The van der Waals surface area contributed by atoms with E-state index in [0.29, 0.717) is 12.2 Å². The van der Waals surface area contributed by atoms with Gasteiger partial charge in [-0.25, -0.2) is 0 Å². The Bertz CT molecular complexity index is 343. The third-order valence-corrected chi connectivity index (χ3v) is 2.69. The summed E-state index contributed by atoms with van der Waals surface area (Å²) in [6.07, 6.45) is 0.785. The van der Waals surface area contributed by atoms with Crippen molar-refractivity contribution in [2.45, 2.75) is 26.1 Å². The highest BCUT2D eigenvalue weighted by Gasteiger charge is 2.26. The van der Waals surface area contributed by atoms with Crippen LogP contribution < -0.4 is 0 Å². The van der Waals surface area contributed by atoms with Crippen molar-refractivity contribution in [2.75, 3.05) is 39.6 Å². The first-order valence-electron chi connectivity index (χ1n) is 7.21. The molecule has 1 aromatic carbocycles. The zero-order chi connectivity index (χ0) is 15.5. The Morgan fingerprint density at radius 3 is 1.67 bits per heavy atom. The van der Waals surface area contributed by atoms with Crippen molar-refractivity contribution in [1.29, 1.82) is 0 Å². The molecule has 21 heavy (non-hydrogen) atoms. The SMILES string of the molecule is C(OCC1CO1)C1CO1.Cc1cccc(C)c1.OCCO. The lowest BCUT2D eigenvalue weighted by Gasteiger charge is -1.95. The van der Waals surface area contributed by atoms with Gasteiger partial charge in [-0.1, -0.05) is 35.4 Å². The highest BCUT2D eigenvalue weighted by atomic mass is 16.6. The number of benzene rings is 1. The van der Waals surface area contributed by atoms with Crippen molar-refractivity contribution < 1.29 is 24.4 Å². The molecular formula is C16H26O5. The van der Waals surface area contributed by atoms with Crippen molar-refractivity contribution in [2.24, 2.45) is 0 Å². The van der Waals surface area contributed by atoms with E-state index in [0.717, 1.165) is 26.4 Å². The standard InChI is InChI=1S/C8H10.C6H10O3.C2H6O2/c1-7-4-3-5-8(2)6-7;1(5-3-8-5)7-2-6-4-9-6;3-1-2-4/h3-6H,1-2H3;5-6H,1-4H2;3-4H,1-2H2. The fraction of sp³-hybridized carbons (Fsp3) is 0.625. The number of aliphatic hydroxyl groups is 2. The molecular weight excluding hydrogens is 272 g/mol. The molecule has 2 heterocycles. The lowest BCUT2D eigenvalue weighted by Crippen LogP contribution is -2.06. The van der Waals surface area contributed by atoms with Gasteiger partial charge in [-0.15, -0.1) is 0 Å². The maximum atomic E-state index is 7.62. The predicted molar refractivity (Wildman–Crippen MR) is 80.4 cm³/mol. The Hall–Kier alpha value is -0.980. The summed E-state index contributed by atoms with van der Waals surface area (Å²) in [5.74, 6) is 0. The molecule has 2 aliphatic heterocycles. The molecule has 2 N–H and O–H groups in total. The summed E-state index contributed by atoms with van der Waals surface area (Å²) >= 11 is 0. The minimum absolute atomic E-state index is 0.125. The minimum atomic E-state index is -0.125. The van der Waals surface area contributed by atoms with Crippen molar-refractivity contribution in [3.63, 3.8) is 0 Å². The molecule has 0 radical (unpaired) electrons. The third-order valence-electron chi connectivity index (χ3n) is 2.69. The second-order valence-corrected chi connectivity index (χ2v) is 5.05. The Morgan fingerprint density at radius 2 is 1.43 bits per heavy atom. The Balaban J connectivity index is 0.000000171. The average Bonchev–Trinajstić information content (AvgIpc) is 3.34. The molecule has 0 aromatic heterocycles. The molecule has 120 valence electrons. The predicted octanol–water partition coefficient (Wildman–Crippen LogP) is 1.08. The van der Waals surface area contributed by atoms with Gasteiger partial charge in [0, 0.05) is 0 Å². The van der Waals surface area contributed by atoms with Crippen LogP contribution in [0.15, 0.2) is 24.3 Å².